The van der Waals surface area contributed by atoms with Gasteiger partial charge in [0.05, 0.1) is 11.9 Å². The smallest absolute Gasteiger partial charge is 0.285 e. The normalized spacial score (nSPS) is 20.1. The highest BCUT2D eigenvalue weighted by atomic mass is 35.5. The van der Waals surface area contributed by atoms with Gasteiger partial charge in [-0.05, 0) is 6.42 Å². The molecule has 0 saturated carbocycles. The number of imide groups is 1. The van der Waals surface area contributed by atoms with Crippen LogP contribution in [0.1, 0.15) is 12.8 Å². The van der Waals surface area contributed by atoms with Gasteiger partial charge >= 0.3 is 0 Å². The van der Waals surface area contributed by atoms with Crippen LogP contribution in [0.4, 0.5) is 5.69 Å². The largest absolute Gasteiger partial charge is 0.371 e. The minimum Gasteiger partial charge on any atom is -0.371 e. The van der Waals surface area contributed by atoms with Gasteiger partial charge in [-0.2, -0.15) is 5.10 Å². The van der Waals surface area contributed by atoms with Crippen LogP contribution in [0.5, 0.6) is 0 Å². The molecule has 0 aromatic carbocycles. The van der Waals surface area contributed by atoms with Crippen molar-refractivity contribution in [3.8, 4) is 0 Å². The van der Waals surface area contributed by atoms with E-state index in [0.29, 0.717) is 6.42 Å². The maximum absolute atomic E-state index is 11.8. The third kappa shape index (κ3) is 2.21. The second-order valence-electron chi connectivity index (χ2n) is 3.95. The molecule has 1 saturated heterocycles. The van der Waals surface area contributed by atoms with Crippen LogP contribution in [0.3, 0.4) is 0 Å². The van der Waals surface area contributed by atoms with Gasteiger partial charge in [-0.15, -0.1) is 0 Å². The van der Waals surface area contributed by atoms with Crippen molar-refractivity contribution < 1.29 is 9.59 Å². The molecule has 7 nitrogen and oxygen atoms in total. The first kappa shape index (κ1) is 12.6. The summed E-state index contributed by atoms with van der Waals surface area (Å²) in [6.45, 7) is 0. The van der Waals surface area contributed by atoms with Crippen LogP contribution in [-0.2, 0) is 9.59 Å². The lowest BCUT2D eigenvalue weighted by Crippen LogP contribution is -2.48. The molecule has 2 heterocycles. The molecular weight excluding hydrogens is 260 g/mol. The number of hydrogen-bond donors (Lipinski definition) is 2. The third-order valence-electron chi connectivity index (χ3n) is 2.77. The minimum atomic E-state index is -0.575. The van der Waals surface area contributed by atoms with E-state index in [-0.39, 0.29) is 28.9 Å². The maximum atomic E-state index is 11.8. The number of carbonyl (C=O) groups excluding carboxylic acids is 2. The molecular formula is C10H11ClN4O3. The topological polar surface area (TPSA) is 95.2 Å². The molecule has 0 bridgehead atoms. The Morgan fingerprint density at radius 1 is 1.50 bits per heavy atom. The zero-order valence-corrected chi connectivity index (χ0v) is 10.3. The fourth-order valence-electron chi connectivity index (χ4n) is 1.72. The molecule has 1 atom stereocenters. The van der Waals surface area contributed by atoms with E-state index in [0.717, 1.165) is 4.90 Å². The maximum Gasteiger partial charge on any atom is 0.285 e. The van der Waals surface area contributed by atoms with Crippen molar-refractivity contribution in [2.75, 3.05) is 12.4 Å². The standard InChI is InChI=1S/C10H11ClN4O3/c1-15-7(16)3-2-5(10(15)18)13-6-4-12-14-9(17)8(6)11/h4-5H,2-3H2,1H3,(H2,13,14,17). The summed E-state index contributed by atoms with van der Waals surface area (Å²) in [4.78, 5) is 35.4. The van der Waals surface area contributed by atoms with Crippen molar-refractivity contribution in [2.24, 2.45) is 0 Å². The summed E-state index contributed by atoms with van der Waals surface area (Å²) < 4.78 is 0. The Kier molecular flexibility index (Phi) is 3.33. The van der Waals surface area contributed by atoms with Crippen molar-refractivity contribution in [3.63, 3.8) is 0 Å². The third-order valence-corrected chi connectivity index (χ3v) is 3.15. The van der Waals surface area contributed by atoms with E-state index in [4.69, 9.17) is 11.6 Å². The van der Waals surface area contributed by atoms with E-state index in [1.165, 1.54) is 13.2 Å². The molecule has 1 aliphatic heterocycles. The van der Waals surface area contributed by atoms with Crippen LogP contribution >= 0.6 is 11.6 Å². The Hall–Kier alpha value is -1.89. The molecule has 1 unspecified atom stereocenters. The molecule has 0 radical (unpaired) electrons. The number of anilines is 1. The number of nitrogens with one attached hydrogen (secondary N) is 2. The van der Waals surface area contributed by atoms with Crippen molar-refractivity contribution in [1.29, 1.82) is 0 Å². The molecule has 18 heavy (non-hydrogen) atoms. The van der Waals surface area contributed by atoms with Crippen molar-refractivity contribution in [1.82, 2.24) is 15.1 Å². The summed E-state index contributed by atoms with van der Waals surface area (Å²) in [5.41, 5.74) is -0.254. The summed E-state index contributed by atoms with van der Waals surface area (Å²) in [6, 6.07) is -0.575. The summed E-state index contributed by atoms with van der Waals surface area (Å²) in [5, 5.41) is 8.55. The number of piperidine rings is 1. The molecule has 2 N–H and O–H groups in total. The number of likely N-dealkylation sites (tertiary alicyclic amines) is 1. The number of halogens is 1. The van der Waals surface area contributed by atoms with Gasteiger partial charge in [-0.25, -0.2) is 5.10 Å². The van der Waals surface area contributed by atoms with Crippen LogP contribution in [0.2, 0.25) is 5.02 Å². The Morgan fingerprint density at radius 2 is 2.22 bits per heavy atom. The fraction of sp³-hybridized carbons (Fsp3) is 0.400. The van der Waals surface area contributed by atoms with Gasteiger partial charge in [0.15, 0.2) is 0 Å². The quantitative estimate of drug-likeness (QED) is 0.737. The number of H-pyrrole nitrogens is 1. The molecule has 96 valence electrons. The van der Waals surface area contributed by atoms with E-state index >= 15 is 0 Å². The van der Waals surface area contributed by atoms with Crippen LogP contribution < -0.4 is 10.9 Å². The molecule has 1 aromatic rings. The number of amides is 2. The number of hydrogen-bond acceptors (Lipinski definition) is 5. The number of nitrogens with zero attached hydrogens (tertiary/aromatic N) is 2. The summed E-state index contributed by atoms with van der Waals surface area (Å²) >= 11 is 5.79. The predicted octanol–water partition coefficient (Wildman–Crippen LogP) is -0.0174. The lowest BCUT2D eigenvalue weighted by molar-refractivity contribution is -0.146. The van der Waals surface area contributed by atoms with Crippen LogP contribution in [-0.4, -0.2) is 40.0 Å². The van der Waals surface area contributed by atoms with Crippen molar-refractivity contribution in [2.45, 2.75) is 18.9 Å². The second kappa shape index (κ2) is 4.77. The van der Waals surface area contributed by atoms with Crippen molar-refractivity contribution >= 4 is 29.1 Å². The minimum absolute atomic E-state index is 0.0580. The van der Waals surface area contributed by atoms with Crippen molar-refractivity contribution in [3.05, 3.63) is 21.6 Å². The van der Waals surface area contributed by atoms with Crippen LogP contribution in [0.15, 0.2) is 11.0 Å². The van der Waals surface area contributed by atoms with E-state index in [2.05, 4.69) is 15.5 Å². The lowest BCUT2D eigenvalue weighted by atomic mass is 10.0. The number of rotatable bonds is 2. The monoisotopic (exact) mass is 270 g/mol. The fourth-order valence-corrected chi connectivity index (χ4v) is 1.87. The summed E-state index contributed by atoms with van der Waals surface area (Å²) in [5.74, 6) is -0.559. The van der Waals surface area contributed by atoms with Crippen LogP contribution in [0.25, 0.3) is 0 Å². The average molecular weight is 271 g/mol. The molecule has 0 spiro atoms. The average Bonchev–Trinajstić information content (AvgIpc) is 2.35. The van der Waals surface area contributed by atoms with Gasteiger partial charge in [0, 0.05) is 13.5 Å². The summed E-state index contributed by atoms with van der Waals surface area (Å²) in [7, 11) is 1.43. The zero-order valence-electron chi connectivity index (χ0n) is 9.57. The molecule has 0 aliphatic carbocycles. The number of carbonyl (C=O) groups is 2. The van der Waals surface area contributed by atoms with Gasteiger partial charge < -0.3 is 5.32 Å². The van der Waals surface area contributed by atoms with Gasteiger partial charge in [0.1, 0.15) is 11.1 Å². The van der Waals surface area contributed by atoms with E-state index in [9.17, 15) is 14.4 Å². The van der Waals surface area contributed by atoms with E-state index in [1.54, 1.807) is 0 Å². The molecule has 2 amide bonds. The molecule has 1 fully saturated rings. The first-order valence-electron chi connectivity index (χ1n) is 5.31. The molecule has 1 aromatic heterocycles. The Bertz CT molecular complexity index is 556. The SMILES string of the molecule is CN1C(=O)CCC(Nc2cn[nH]c(=O)c2Cl)C1=O. The second-order valence-corrected chi connectivity index (χ2v) is 4.33. The molecule has 2 rings (SSSR count). The van der Waals surface area contributed by atoms with Gasteiger partial charge in [0.25, 0.3) is 11.5 Å². The Labute approximate surface area is 107 Å². The summed E-state index contributed by atoms with van der Waals surface area (Å²) in [6.07, 6.45) is 1.97. The van der Waals surface area contributed by atoms with Crippen LogP contribution in [0, 0.1) is 0 Å². The van der Waals surface area contributed by atoms with Gasteiger partial charge in [0.2, 0.25) is 5.91 Å². The highest BCUT2D eigenvalue weighted by Crippen LogP contribution is 2.20. The number of aromatic amines is 1. The number of aromatic nitrogens is 2. The lowest BCUT2D eigenvalue weighted by Gasteiger charge is -2.28. The highest BCUT2D eigenvalue weighted by Gasteiger charge is 2.32. The van der Waals surface area contributed by atoms with E-state index < -0.39 is 11.6 Å². The first-order valence-corrected chi connectivity index (χ1v) is 5.68. The predicted molar refractivity (Wildman–Crippen MR) is 64.3 cm³/mol. The van der Waals surface area contributed by atoms with Gasteiger partial charge in [-0.3, -0.25) is 19.3 Å². The van der Waals surface area contributed by atoms with Gasteiger partial charge in [-0.1, -0.05) is 11.6 Å². The Balaban J connectivity index is 2.19. The molecule has 1 aliphatic rings. The number of likely N-dealkylation sites (N-methyl/N-ethyl adjacent to an activating group) is 1. The zero-order chi connectivity index (χ0) is 13.3. The van der Waals surface area contributed by atoms with E-state index in [1.807, 2.05) is 0 Å². The first-order chi connectivity index (χ1) is 8.50. The highest BCUT2D eigenvalue weighted by molar-refractivity contribution is 6.33. The molecule has 8 heteroatoms. The Morgan fingerprint density at radius 3 is 2.94 bits per heavy atom.